The number of carbonyl (C=O) groups excluding carboxylic acids is 1. The molecule has 0 bridgehead atoms. The summed E-state index contributed by atoms with van der Waals surface area (Å²) in [6, 6.07) is 15.0. The highest BCUT2D eigenvalue weighted by Gasteiger charge is 2.31. The highest BCUT2D eigenvalue weighted by molar-refractivity contribution is 5.80. The van der Waals surface area contributed by atoms with Gasteiger partial charge in [-0.25, -0.2) is 0 Å². The van der Waals surface area contributed by atoms with E-state index >= 15 is 0 Å². The van der Waals surface area contributed by atoms with E-state index in [4.69, 9.17) is 14.2 Å². The Morgan fingerprint density at radius 3 is 2.71 bits per heavy atom. The number of para-hydroxylation sites is 1. The van der Waals surface area contributed by atoms with Gasteiger partial charge in [0.15, 0.2) is 0 Å². The second kappa shape index (κ2) is 5.87. The molecule has 1 aliphatic rings. The van der Waals surface area contributed by atoms with Gasteiger partial charge in [-0.05, 0) is 23.8 Å². The molecule has 21 heavy (non-hydrogen) atoms. The fourth-order valence-corrected chi connectivity index (χ4v) is 2.33. The number of esters is 1. The fourth-order valence-electron chi connectivity index (χ4n) is 2.33. The van der Waals surface area contributed by atoms with Gasteiger partial charge >= 0.3 is 5.97 Å². The van der Waals surface area contributed by atoms with E-state index < -0.39 is 0 Å². The molecule has 4 nitrogen and oxygen atoms in total. The number of benzene rings is 2. The zero-order valence-electron chi connectivity index (χ0n) is 11.7. The molecule has 1 heterocycles. The second-order valence-corrected chi connectivity index (χ2v) is 4.86. The van der Waals surface area contributed by atoms with Crippen LogP contribution in [0.4, 0.5) is 0 Å². The van der Waals surface area contributed by atoms with Crippen molar-refractivity contribution in [1.82, 2.24) is 0 Å². The van der Waals surface area contributed by atoms with Crippen molar-refractivity contribution >= 4 is 5.97 Å². The van der Waals surface area contributed by atoms with E-state index in [1.165, 1.54) is 0 Å². The van der Waals surface area contributed by atoms with Crippen LogP contribution in [0.25, 0.3) is 0 Å². The first kappa shape index (κ1) is 13.5. The Bertz CT molecular complexity index is 633. The van der Waals surface area contributed by atoms with Gasteiger partial charge in [0.05, 0.1) is 7.11 Å². The van der Waals surface area contributed by atoms with Crippen molar-refractivity contribution in [2.75, 3.05) is 13.7 Å². The lowest BCUT2D eigenvalue weighted by molar-refractivity contribution is -0.147. The lowest BCUT2D eigenvalue weighted by Crippen LogP contribution is -2.17. The minimum atomic E-state index is -0.334. The Morgan fingerprint density at radius 2 is 1.95 bits per heavy atom. The molecule has 0 N–H and O–H groups in total. The van der Waals surface area contributed by atoms with Gasteiger partial charge in [-0.1, -0.05) is 30.3 Å². The summed E-state index contributed by atoms with van der Waals surface area (Å²) in [5.41, 5.74) is 1.83. The number of ether oxygens (including phenoxy) is 3. The van der Waals surface area contributed by atoms with Crippen molar-refractivity contribution in [2.45, 2.75) is 12.5 Å². The highest BCUT2D eigenvalue weighted by atomic mass is 16.5. The summed E-state index contributed by atoms with van der Waals surface area (Å²) >= 11 is 0. The predicted octanol–water partition coefficient (Wildman–Crippen LogP) is 2.91. The summed E-state index contributed by atoms with van der Waals surface area (Å²) in [4.78, 5) is 12.2. The van der Waals surface area contributed by atoms with Crippen molar-refractivity contribution in [3.63, 3.8) is 0 Å². The summed E-state index contributed by atoms with van der Waals surface area (Å²) in [6.07, 6.45) is 0. The third-order valence-corrected chi connectivity index (χ3v) is 3.52. The Morgan fingerprint density at radius 1 is 1.19 bits per heavy atom. The van der Waals surface area contributed by atoms with Gasteiger partial charge in [-0.2, -0.15) is 0 Å². The Labute approximate surface area is 123 Å². The largest absolute Gasteiger partial charge is 0.497 e. The SMILES string of the molecule is COc1ccc(COC(=O)C2COc3ccccc32)cc1. The molecule has 0 saturated heterocycles. The van der Waals surface area contributed by atoms with Gasteiger partial charge in [0.25, 0.3) is 0 Å². The molecule has 0 radical (unpaired) electrons. The van der Waals surface area contributed by atoms with Gasteiger partial charge in [0.2, 0.25) is 0 Å². The molecule has 0 amide bonds. The third kappa shape index (κ3) is 2.84. The third-order valence-electron chi connectivity index (χ3n) is 3.52. The second-order valence-electron chi connectivity index (χ2n) is 4.86. The van der Waals surface area contributed by atoms with E-state index in [1.807, 2.05) is 48.5 Å². The number of hydrogen-bond acceptors (Lipinski definition) is 4. The molecular weight excluding hydrogens is 268 g/mol. The zero-order chi connectivity index (χ0) is 14.7. The number of hydrogen-bond donors (Lipinski definition) is 0. The van der Waals surface area contributed by atoms with E-state index in [0.717, 1.165) is 22.6 Å². The molecule has 108 valence electrons. The van der Waals surface area contributed by atoms with E-state index in [1.54, 1.807) is 7.11 Å². The van der Waals surface area contributed by atoms with Crippen LogP contribution >= 0.6 is 0 Å². The maximum absolute atomic E-state index is 12.2. The maximum Gasteiger partial charge on any atom is 0.317 e. The van der Waals surface area contributed by atoms with Crippen molar-refractivity contribution in [2.24, 2.45) is 0 Å². The molecule has 4 heteroatoms. The number of rotatable bonds is 4. The first-order chi connectivity index (χ1) is 10.3. The molecule has 3 rings (SSSR count). The van der Waals surface area contributed by atoms with Gasteiger partial charge in [-0.15, -0.1) is 0 Å². The number of carbonyl (C=O) groups is 1. The summed E-state index contributed by atoms with van der Waals surface area (Å²) in [5, 5.41) is 0. The van der Waals surface area contributed by atoms with Gasteiger partial charge < -0.3 is 14.2 Å². The molecule has 1 atom stereocenters. The van der Waals surface area contributed by atoms with Gasteiger partial charge in [0.1, 0.15) is 30.6 Å². The monoisotopic (exact) mass is 284 g/mol. The van der Waals surface area contributed by atoms with Crippen molar-refractivity contribution in [1.29, 1.82) is 0 Å². The molecule has 0 saturated carbocycles. The molecule has 0 spiro atoms. The van der Waals surface area contributed by atoms with Gasteiger partial charge in [0, 0.05) is 5.56 Å². The predicted molar refractivity (Wildman–Crippen MR) is 77.5 cm³/mol. The van der Waals surface area contributed by atoms with Crippen LogP contribution in [0.5, 0.6) is 11.5 Å². The molecule has 0 fully saturated rings. The van der Waals surface area contributed by atoms with Crippen LogP contribution in [0.2, 0.25) is 0 Å². The average Bonchev–Trinajstić information content (AvgIpc) is 2.97. The highest BCUT2D eigenvalue weighted by Crippen LogP contribution is 2.34. The summed E-state index contributed by atoms with van der Waals surface area (Å²) in [7, 11) is 1.62. The Balaban J connectivity index is 1.62. The maximum atomic E-state index is 12.2. The fraction of sp³-hybridized carbons (Fsp3) is 0.235. The summed E-state index contributed by atoms with van der Waals surface area (Å²) < 4.78 is 16.0. The van der Waals surface area contributed by atoms with Crippen LogP contribution in [0, 0.1) is 0 Å². The zero-order valence-corrected chi connectivity index (χ0v) is 11.7. The Hall–Kier alpha value is -2.49. The minimum Gasteiger partial charge on any atom is -0.497 e. The lowest BCUT2D eigenvalue weighted by Gasteiger charge is -2.10. The molecule has 2 aromatic rings. The first-order valence-electron chi connectivity index (χ1n) is 6.79. The van der Waals surface area contributed by atoms with Crippen LogP contribution in [-0.4, -0.2) is 19.7 Å². The minimum absolute atomic E-state index is 0.251. The topological polar surface area (TPSA) is 44.8 Å². The molecule has 2 aromatic carbocycles. The normalized spacial score (nSPS) is 16.0. The molecule has 1 unspecified atom stereocenters. The molecule has 1 aliphatic heterocycles. The standard InChI is InChI=1S/C17H16O4/c1-19-13-8-6-12(7-9-13)10-21-17(18)15-11-20-16-5-3-2-4-14(15)16/h2-9,15H,10-11H2,1H3. The summed E-state index contributed by atoms with van der Waals surface area (Å²) in [6.45, 7) is 0.599. The average molecular weight is 284 g/mol. The van der Waals surface area contributed by atoms with Crippen molar-refractivity contribution in [3.05, 3.63) is 59.7 Å². The van der Waals surface area contributed by atoms with Crippen LogP contribution in [-0.2, 0) is 16.1 Å². The Kier molecular flexibility index (Phi) is 3.77. The lowest BCUT2D eigenvalue weighted by atomic mass is 10.0. The van der Waals surface area contributed by atoms with Crippen LogP contribution in [0.15, 0.2) is 48.5 Å². The van der Waals surface area contributed by atoms with E-state index in [9.17, 15) is 4.79 Å². The number of fused-ring (bicyclic) bond motifs is 1. The molecule has 0 aromatic heterocycles. The molecule has 0 aliphatic carbocycles. The van der Waals surface area contributed by atoms with E-state index in [0.29, 0.717) is 6.61 Å². The van der Waals surface area contributed by atoms with Crippen molar-refractivity contribution < 1.29 is 19.0 Å². The van der Waals surface area contributed by atoms with Gasteiger partial charge in [-0.3, -0.25) is 4.79 Å². The molecular formula is C17H16O4. The van der Waals surface area contributed by atoms with Crippen LogP contribution in [0.1, 0.15) is 17.0 Å². The van der Waals surface area contributed by atoms with Crippen LogP contribution in [0.3, 0.4) is 0 Å². The first-order valence-corrected chi connectivity index (χ1v) is 6.79. The van der Waals surface area contributed by atoms with Crippen molar-refractivity contribution in [3.8, 4) is 11.5 Å². The summed E-state index contributed by atoms with van der Waals surface area (Å²) in [5.74, 6) is 0.960. The quantitative estimate of drug-likeness (QED) is 0.810. The van der Waals surface area contributed by atoms with Crippen LogP contribution < -0.4 is 9.47 Å². The smallest absolute Gasteiger partial charge is 0.317 e. The van der Waals surface area contributed by atoms with E-state index in [2.05, 4.69) is 0 Å². The number of methoxy groups -OCH3 is 1. The van der Waals surface area contributed by atoms with E-state index in [-0.39, 0.29) is 18.5 Å².